The van der Waals surface area contributed by atoms with E-state index in [1.54, 1.807) is 0 Å². The first kappa shape index (κ1) is 12.0. The van der Waals surface area contributed by atoms with Crippen LogP contribution in [0.4, 0.5) is 0 Å². The second kappa shape index (κ2) is 3.11. The van der Waals surface area contributed by atoms with E-state index in [1.807, 2.05) is 0 Å². The van der Waals surface area contributed by atoms with E-state index < -0.39 is 8.07 Å². The molecule has 6 saturated carbocycles. The number of benzene rings is 1. The molecule has 0 spiro atoms. The summed E-state index contributed by atoms with van der Waals surface area (Å²) in [4.78, 5) is 0. The molecule has 0 amide bonds. The molecule has 6 fully saturated rings. The topological polar surface area (TPSA) is 0 Å². The summed E-state index contributed by atoms with van der Waals surface area (Å²) in [5.41, 5.74) is 5.83. The van der Waals surface area contributed by atoms with Gasteiger partial charge in [-0.1, -0.05) is 49.7 Å². The predicted molar refractivity (Wildman–Crippen MR) is 90.2 cm³/mol. The van der Waals surface area contributed by atoms with Gasteiger partial charge in [0.15, 0.2) is 0 Å². The van der Waals surface area contributed by atoms with Crippen LogP contribution in [-0.2, 0) is 0 Å². The highest BCUT2D eigenvalue weighted by Gasteiger charge is 3.09. The van der Waals surface area contributed by atoms with Gasteiger partial charge in [-0.3, -0.25) is 0 Å². The van der Waals surface area contributed by atoms with Crippen LogP contribution >= 0.6 is 0 Å². The SMILES string of the molecule is C[Si](C)(C)C#CC12C3C4C1C1C2C3C41C#Cc1ccccc1. The predicted octanol–water partition coefficient (Wildman–Crippen LogP) is 3.66. The van der Waals surface area contributed by atoms with Gasteiger partial charge in [0.1, 0.15) is 8.07 Å². The van der Waals surface area contributed by atoms with Gasteiger partial charge >= 0.3 is 0 Å². The van der Waals surface area contributed by atoms with Crippen molar-refractivity contribution in [1.82, 2.24) is 0 Å². The smallest absolute Gasteiger partial charge is 0.129 e. The van der Waals surface area contributed by atoms with Gasteiger partial charge in [0.05, 0.1) is 0 Å². The minimum atomic E-state index is -1.22. The fourth-order valence-corrected chi connectivity index (χ4v) is 7.62. The highest BCUT2D eigenvalue weighted by Crippen LogP contribution is 3.10. The molecule has 0 nitrogen and oxygen atoms in total. The maximum atomic E-state index is 3.80. The van der Waals surface area contributed by atoms with Crippen LogP contribution in [0, 0.1) is 69.6 Å². The summed E-state index contributed by atoms with van der Waals surface area (Å²) in [6, 6.07) is 10.5. The molecule has 0 saturated heterocycles. The van der Waals surface area contributed by atoms with E-state index in [0.29, 0.717) is 10.8 Å². The highest BCUT2D eigenvalue weighted by atomic mass is 28.3. The minimum Gasteiger partial charge on any atom is -0.131 e. The second-order valence-electron chi connectivity index (χ2n) is 9.14. The quantitative estimate of drug-likeness (QED) is 0.507. The molecular weight excluding hydrogens is 280 g/mol. The van der Waals surface area contributed by atoms with Gasteiger partial charge in [-0.05, 0) is 47.6 Å². The zero-order chi connectivity index (χ0) is 14.9. The van der Waals surface area contributed by atoms with Crippen LogP contribution in [0.1, 0.15) is 5.56 Å². The third-order valence-electron chi connectivity index (χ3n) is 7.48. The molecule has 0 atom stereocenters. The van der Waals surface area contributed by atoms with Crippen molar-refractivity contribution in [2.45, 2.75) is 19.6 Å². The van der Waals surface area contributed by atoms with Crippen LogP contribution in [0.2, 0.25) is 19.6 Å². The lowest BCUT2D eigenvalue weighted by Gasteiger charge is -3.09. The number of hydrogen-bond acceptors (Lipinski definition) is 0. The highest BCUT2D eigenvalue weighted by molar-refractivity contribution is 6.83. The van der Waals surface area contributed by atoms with Gasteiger partial charge in [0.25, 0.3) is 0 Å². The summed E-state index contributed by atoms with van der Waals surface area (Å²) in [6.45, 7) is 7.11. The molecule has 0 unspecified atom stereocenters. The Kier molecular flexibility index (Phi) is 1.70. The lowest BCUT2D eigenvalue weighted by Crippen LogP contribution is -3.09. The Morgan fingerprint density at radius 1 is 0.773 bits per heavy atom. The molecule has 7 rings (SSSR count). The molecule has 6 aliphatic rings. The molecule has 108 valence electrons. The third-order valence-corrected chi connectivity index (χ3v) is 8.36. The Hall–Kier alpha value is -1.44. The zero-order valence-corrected chi connectivity index (χ0v) is 14.4. The van der Waals surface area contributed by atoms with E-state index in [4.69, 9.17) is 0 Å². The molecule has 0 radical (unpaired) electrons. The van der Waals surface area contributed by atoms with Crippen molar-refractivity contribution in [3.05, 3.63) is 35.9 Å². The van der Waals surface area contributed by atoms with Gasteiger partial charge in [-0.25, -0.2) is 0 Å². The van der Waals surface area contributed by atoms with Crippen LogP contribution in [0.15, 0.2) is 30.3 Å². The van der Waals surface area contributed by atoms with Crippen LogP contribution in [-0.4, -0.2) is 8.07 Å². The Morgan fingerprint density at radius 3 is 1.77 bits per heavy atom. The maximum absolute atomic E-state index is 3.80. The average Bonchev–Trinajstić information content (AvgIpc) is 2.52. The fourth-order valence-electron chi connectivity index (χ4n) is 7.03. The van der Waals surface area contributed by atoms with Crippen molar-refractivity contribution >= 4 is 8.07 Å². The molecule has 0 bridgehead atoms. The van der Waals surface area contributed by atoms with Crippen LogP contribution in [0.25, 0.3) is 0 Å². The summed E-state index contributed by atoms with van der Waals surface area (Å²) in [5.74, 6) is 16.6. The van der Waals surface area contributed by atoms with E-state index in [9.17, 15) is 0 Å². The van der Waals surface area contributed by atoms with Gasteiger partial charge in [0, 0.05) is 16.4 Å². The van der Waals surface area contributed by atoms with E-state index in [2.05, 4.69) is 73.3 Å². The average molecular weight is 300 g/mol. The van der Waals surface area contributed by atoms with Gasteiger partial charge in [-0.15, -0.1) is 11.5 Å². The molecule has 1 aromatic rings. The van der Waals surface area contributed by atoms with Crippen molar-refractivity contribution in [2.75, 3.05) is 0 Å². The van der Waals surface area contributed by atoms with Crippen molar-refractivity contribution in [3.8, 4) is 23.3 Å². The summed E-state index contributed by atoms with van der Waals surface area (Å²) < 4.78 is 0. The summed E-state index contributed by atoms with van der Waals surface area (Å²) in [7, 11) is -1.22. The molecule has 0 N–H and O–H groups in total. The van der Waals surface area contributed by atoms with Crippen LogP contribution < -0.4 is 0 Å². The Morgan fingerprint density at radius 2 is 1.27 bits per heavy atom. The maximum Gasteiger partial charge on any atom is 0.129 e. The Labute approximate surface area is 133 Å². The van der Waals surface area contributed by atoms with Crippen molar-refractivity contribution in [1.29, 1.82) is 0 Å². The van der Waals surface area contributed by atoms with Gasteiger partial charge in [0.2, 0.25) is 0 Å². The Balaban J connectivity index is 1.29. The van der Waals surface area contributed by atoms with Crippen molar-refractivity contribution in [3.63, 3.8) is 0 Å². The first-order valence-electron chi connectivity index (χ1n) is 8.64. The monoisotopic (exact) mass is 300 g/mol. The largest absolute Gasteiger partial charge is 0.131 e. The van der Waals surface area contributed by atoms with Gasteiger partial charge in [-0.2, -0.15) is 0 Å². The van der Waals surface area contributed by atoms with E-state index in [-0.39, 0.29) is 0 Å². The summed E-state index contributed by atoms with van der Waals surface area (Å²) in [6.07, 6.45) is 0. The van der Waals surface area contributed by atoms with Crippen molar-refractivity contribution < 1.29 is 0 Å². The summed E-state index contributed by atoms with van der Waals surface area (Å²) >= 11 is 0. The molecule has 22 heavy (non-hydrogen) atoms. The standard InChI is InChI=1S/C21H20Si/c1-22(2,3)12-11-21-17-14-18(21)16-19(21)15(17)20(14,16)10-9-13-7-5-4-6-8-13/h4-8,14-19H,1-3H3. The molecule has 6 aliphatic carbocycles. The van der Waals surface area contributed by atoms with Crippen LogP contribution in [0.5, 0.6) is 0 Å². The molecular formula is C21H20Si. The number of rotatable bonds is 0. The van der Waals surface area contributed by atoms with Gasteiger partial charge < -0.3 is 0 Å². The van der Waals surface area contributed by atoms with Crippen LogP contribution in [0.3, 0.4) is 0 Å². The molecule has 1 heteroatoms. The second-order valence-corrected chi connectivity index (χ2v) is 13.9. The van der Waals surface area contributed by atoms with E-state index in [1.165, 1.54) is 5.56 Å². The fraction of sp³-hybridized carbons (Fsp3) is 0.524. The van der Waals surface area contributed by atoms with Crippen molar-refractivity contribution in [2.24, 2.45) is 46.3 Å². The first-order valence-corrected chi connectivity index (χ1v) is 12.1. The minimum absolute atomic E-state index is 0.457. The summed E-state index contributed by atoms with van der Waals surface area (Å²) in [5, 5.41) is 0. The lowest BCUT2D eigenvalue weighted by molar-refractivity contribution is -0.624. The lowest BCUT2D eigenvalue weighted by atomic mass is 8.92. The number of hydrogen-bond donors (Lipinski definition) is 0. The van der Waals surface area contributed by atoms with E-state index >= 15 is 0 Å². The first-order chi connectivity index (χ1) is 10.5. The molecule has 1 aromatic carbocycles. The van der Waals surface area contributed by atoms with E-state index in [0.717, 1.165) is 35.5 Å². The zero-order valence-electron chi connectivity index (χ0n) is 13.4. The normalized spacial score (nSPS) is 52.9. The molecule has 0 aromatic heterocycles. The molecule has 0 aliphatic heterocycles. The molecule has 0 heterocycles. The third kappa shape index (κ3) is 0.904. The Bertz CT molecular complexity index is 780.